The second-order valence-corrected chi connectivity index (χ2v) is 4.74. The van der Waals surface area contributed by atoms with Crippen molar-refractivity contribution in [1.29, 1.82) is 0 Å². The lowest BCUT2D eigenvalue weighted by atomic mass is 10.2. The number of halogens is 1. The van der Waals surface area contributed by atoms with Crippen LogP contribution in [-0.2, 0) is 6.54 Å². The number of nitrogens with one attached hydrogen (secondary N) is 1. The molecule has 0 aliphatic rings. The van der Waals surface area contributed by atoms with Crippen LogP contribution in [0.15, 0.2) is 22.5 Å². The van der Waals surface area contributed by atoms with Crippen LogP contribution in [0.1, 0.15) is 15.2 Å². The highest BCUT2D eigenvalue weighted by Crippen LogP contribution is 2.16. The Morgan fingerprint density at radius 3 is 3.00 bits per heavy atom. The predicted molar refractivity (Wildman–Crippen MR) is 61.1 cm³/mol. The van der Waals surface area contributed by atoms with Crippen molar-refractivity contribution < 1.29 is 9.90 Å². The lowest BCUT2D eigenvalue weighted by Crippen LogP contribution is -2.15. The van der Waals surface area contributed by atoms with Crippen LogP contribution in [0.4, 0.5) is 0 Å². The Balaban J connectivity index is 2.54. The first kappa shape index (κ1) is 11.4. The van der Waals surface area contributed by atoms with Gasteiger partial charge < -0.3 is 10.4 Å². The fourth-order valence-corrected chi connectivity index (χ4v) is 1.95. The summed E-state index contributed by atoms with van der Waals surface area (Å²) in [4.78, 5) is 11.1. The lowest BCUT2D eigenvalue weighted by molar-refractivity contribution is 0.0701. The Hall–Kier alpha value is -0.650. The summed E-state index contributed by atoms with van der Waals surface area (Å²) in [5, 5.41) is 13.7. The van der Waals surface area contributed by atoms with Gasteiger partial charge >= 0.3 is 5.97 Å². The summed E-state index contributed by atoms with van der Waals surface area (Å²) < 4.78 is 0.851. The van der Waals surface area contributed by atoms with Crippen molar-refractivity contribution in [3.8, 4) is 0 Å². The maximum Gasteiger partial charge on any atom is 0.346 e. The van der Waals surface area contributed by atoms with Gasteiger partial charge in [0.25, 0.3) is 0 Å². The predicted octanol–water partition coefficient (Wildman–Crippen LogP) is 2.44. The molecule has 0 bridgehead atoms. The molecule has 0 aliphatic carbocycles. The highest BCUT2D eigenvalue weighted by atomic mass is 79.9. The van der Waals surface area contributed by atoms with Gasteiger partial charge in [-0.2, -0.15) is 0 Å². The monoisotopic (exact) mass is 275 g/mol. The minimum Gasteiger partial charge on any atom is -0.477 e. The van der Waals surface area contributed by atoms with E-state index in [9.17, 15) is 4.79 Å². The first-order chi connectivity index (χ1) is 6.61. The normalized spacial score (nSPS) is 10.1. The number of rotatable bonds is 5. The van der Waals surface area contributed by atoms with E-state index in [0.717, 1.165) is 10.0 Å². The number of hydrogen-bond acceptors (Lipinski definition) is 3. The first-order valence-corrected chi connectivity index (χ1v) is 5.62. The maximum absolute atomic E-state index is 10.7. The Bertz CT molecular complexity index is 348. The number of carbonyl (C=O) groups is 1. The highest BCUT2D eigenvalue weighted by molar-refractivity contribution is 9.11. The van der Waals surface area contributed by atoms with Crippen molar-refractivity contribution in [2.45, 2.75) is 6.54 Å². The minimum absolute atomic E-state index is 0.401. The van der Waals surface area contributed by atoms with Gasteiger partial charge in [0.1, 0.15) is 4.88 Å². The van der Waals surface area contributed by atoms with Crippen molar-refractivity contribution in [2.75, 3.05) is 6.54 Å². The summed E-state index contributed by atoms with van der Waals surface area (Å²) in [7, 11) is 0. The molecule has 2 N–H and O–H groups in total. The molecule has 1 heterocycles. The topological polar surface area (TPSA) is 49.3 Å². The van der Waals surface area contributed by atoms with Crippen LogP contribution in [0.2, 0.25) is 0 Å². The van der Waals surface area contributed by atoms with E-state index in [1.165, 1.54) is 11.3 Å². The zero-order valence-corrected chi connectivity index (χ0v) is 9.82. The Morgan fingerprint density at radius 2 is 2.43 bits per heavy atom. The number of aromatic carboxylic acids is 1. The van der Waals surface area contributed by atoms with Crippen molar-refractivity contribution in [1.82, 2.24) is 5.32 Å². The first-order valence-electron chi connectivity index (χ1n) is 3.95. The van der Waals surface area contributed by atoms with Gasteiger partial charge in [-0.1, -0.05) is 22.5 Å². The van der Waals surface area contributed by atoms with Gasteiger partial charge in [-0.15, -0.1) is 11.3 Å². The van der Waals surface area contributed by atoms with Gasteiger partial charge in [0, 0.05) is 17.6 Å². The number of carboxylic acid groups (broad SMARTS) is 1. The summed E-state index contributed by atoms with van der Waals surface area (Å²) in [6.07, 6.45) is 0. The molecule has 0 radical (unpaired) electrons. The van der Waals surface area contributed by atoms with Gasteiger partial charge in [-0.25, -0.2) is 4.79 Å². The van der Waals surface area contributed by atoms with E-state index < -0.39 is 5.97 Å². The SMILES string of the molecule is C=C(Br)CNCc1ccsc1C(=O)O. The van der Waals surface area contributed by atoms with Crippen LogP contribution in [-0.4, -0.2) is 17.6 Å². The molecule has 0 unspecified atom stereocenters. The maximum atomic E-state index is 10.7. The molecule has 76 valence electrons. The second-order valence-electron chi connectivity index (χ2n) is 2.70. The van der Waals surface area contributed by atoms with Crippen LogP contribution in [0.3, 0.4) is 0 Å². The zero-order valence-electron chi connectivity index (χ0n) is 7.42. The van der Waals surface area contributed by atoms with Crippen LogP contribution < -0.4 is 5.32 Å². The third-order valence-electron chi connectivity index (χ3n) is 1.57. The molecule has 14 heavy (non-hydrogen) atoms. The molecule has 0 aromatic carbocycles. The molecule has 0 saturated carbocycles. The van der Waals surface area contributed by atoms with Crippen molar-refractivity contribution in [2.24, 2.45) is 0 Å². The molecule has 0 saturated heterocycles. The quantitative estimate of drug-likeness (QED) is 0.868. The van der Waals surface area contributed by atoms with Gasteiger partial charge in [-0.05, 0) is 17.0 Å². The van der Waals surface area contributed by atoms with Crippen molar-refractivity contribution in [3.63, 3.8) is 0 Å². The molecule has 0 spiro atoms. The lowest BCUT2D eigenvalue weighted by Gasteiger charge is -2.02. The van der Waals surface area contributed by atoms with E-state index in [1.807, 2.05) is 6.07 Å². The highest BCUT2D eigenvalue weighted by Gasteiger charge is 2.10. The van der Waals surface area contributed by atoms with Crippen LogP contribution in [0.25, 0.3) is 0 Å². The summed E-state index contributed by atoms with van der Waals surface area (Å²) in [5.74, 6) is -0.866. The average molecular weight is 276 g/mol. The summed E-state index contributed by atoms with van der Waals surface area (Å²) in [6.45, 7) is 4.86. The van der Waals surface area contributed by atoms with Crippen LogP contribution in [0, 0.1) is 0 Å². The number of carboxylic acids is 1. The Kier molecular flexibility index (Phi) is 4.31. The Morgan fingerprint density at radius 1 is 1.71 bits per heavy atom. The fraction of sp³-hybridized carbons (Fsp3) is 0.222. The average Bonchev–Trinajstić information content (AvgIpc) is 2.51. The number of hydrogen-bond donors (Lipinski definition) is 2. The fourth-order valence-electron chi connectivity index (χ4n) is 0.995. The van der Waals surface area contributed by atoms with Crippen LogP contribution in [0.5, 0.6) is 0 Å². The second kappa shape index (κ2) is 5.29. The van der Waals surface area contributed by atoms with Gasteiger partial charge in [0.05, 0.1) is 0 Å². The number of thiophene rings is 1. The summed E-state index contributed by atoms with van der Waals surface area (Å²) in [5.41, 5.74) is 0.816. The van der Waals surface area contributed by atoms with Gasteiger partial charge in [0.15, 0.2) is 0 Å². The molecule has 0 atom stereocenters. The molecule has 5 heteroatoms. The summed E-state index contributed by atoms with van der Waals surface area (Å²) in [6, 6.07) is 1.82. The van der Waals surface area contributed by atoms with E-state index in [0.29, 0.717) is 18.0 Å². The Labute approximate surface area is 94.6 Å². The molecule has 3 nitrogen and oxygen atoms in total. The molecule has 0 amide bonds. The largest absolute Gasteiger partial charge is 0.477 e. The van der Waals surface area contributed by atoms with Crippen molar-refractivity contribution >= 4 is 33.2 Å². The molecule has 1 aromatic heterocycles. The smallest absolute Gasteiger partial charge is 0.346 e. The molecular weight excluding hydrogens is 266 g/mol. The molecule has 1 rings (SSSR count). The van der Waals surface area contributed by atoms with E-state index in [4.69, 9.17) is 5.11 Å². The van der Waals surface area contributed by atoms with E-state index in [1.54, 1.807) is 5.38 Å². The van der Waals surface area contributed by atoms with E-state index >= 15 is 0 Å². The standard InChI is InChI=1S/C9H10BrNO2S/c1-6(10)4-11-5-7-2-3-14-8(7)9(12)13/h2-3,11H,1,4-5H2,(H,12,13). The third kappa shape index (κ3) is 3.25. The molecule has 0 fully saturated rings. The van der Waals surface area contributed by atoms with E-state index in [-0.39, 0.29) is 0 Å². The third-order valence-corrected chi connectivity index (χ3v) is 2.80. The van der Waals surface area contributed by atoms with Crippen molar-refractivity contribution in [3.05, 3.63) is 32.9 Å². The zero-order chi connectivity index (χ0) is 10.6. The van der Waals surface area contributed by atoms with E-state index in [2.05, 4.69) is 27.8 Å². The molecular formula is C9H10BrNO2S. The molecule has 0 aliphatic heterocycles. The van der Waals surface area contributed by atoms with Gasteiger partial charge in [0.2, 0.25) is 0 Å². The molecule has 1 aromatic rings. The minimum atomic E-state index is -0.866. The van der Waals surface area contributed by atoms with Crippen LogP contribution >= 0.6 is 27.3 Å². The van der Waals surface area contributed by atoms with Gasteiger partial charge in [-0.3, -0.25) is 0 Å². The summed E-state index contributed by atoms with van der Waals surface area (Å²) >= 11 is 4.46.